The number of benzene rings is 2. The molecule has 2 aromatic heterocycles. The van der Waals surface area contributed by atoms with E-state index in [0.29, 0.717) is 34.3 Å². The van der Waals surface area contributed by atoms with E-state index in [1.165, 1.54) is 30.5 Å². The van der Waals surface area contributed by atoms with Crippen LogP contribution in [0.25, 0.3) is 22.2 Å². The molecule has 1 saturated heterocycles. The Balaban J connectivity index is 1.24. The highest BCUT2D eigenvalue weighted by atomic mass is 35.5. The molecule has 4 saturated carbocycles. The summed E-state index contributed by atoms with van der Waals surface area (Å²) in [5, 5.41) is 5.00. The lowest BCUT2D eigenvalue weighted by Crippen LogP contribution is -2.55. The van der Waals surface area contributed by atoms with Crippen LogP contribution >= 0.6 is 11.6 Å². The highest BCUT2D eigenvalue weighted by Crippen LogP contribution is 2.59. The van der Waals surface area contributed by atoms with E-state index < -0.39 is 0 Å². The summed E-state index contributed by atoms with van der Waals surface area (Å²) in [6.45, 7) is 8.42. The standard InChI is InChI=1S/C36H41ClN6O/c1-22-14-27(8-9-31(22)42-12-10-41(3)11-13-42)39-35-38-21-29-23(2)32(28-6-4-5-7-30(28)37)34(44)43(33(29)40-35)36-18-24-15-25(19-36)17-26(16-24)20-36/h4-9,14,21,24-26H,10-13,15-20H2,1-3H3,(H,38,39,40). The molecule has 2 aromatic carbocycles. The topological polar surface area (TPSA) is 66.3 Å². The summed E-state index contributed by atoms with van der Waals surface area (Å²) in [6, 6.07) is 14.2. The highest BCUT2D eigenvalue weighted by molar-refractivity contribution is 6.33. The minimum absolute atomic E-state index is 0.0297. The second-order valence-corrected chi connectivity index (χ2v) is 14.5. The van der Waals surface area contributed by atoms with E-state index in [1.54, 1.807) is 0 Å². The van der Waals surface area contributed by atoms with Gasteiger partial charge in [0.15, 0.2) is 0 Å². The van der Waals surface area contributed by atoms with Crippen LogP contribution in [0.4, 0.5) is 17.3 Å². The Hall–Kier alpha value is -3.42. The zero-order chi connectivity index (χ0) is 30.2. The summed E-state index contributed by atoms with van der Waals surface area (Å²) >= 11 is 6.73. The van der Waals surface area contributed by atoms with Crippen molar-refractivity contribution in [3.8, 4) is 11.1 Å². The molecule has 8 heteroatoms. The van der Waals surface area contributed by atoms with Crippen LogP contribution in [-0.2, 0) is 5.54 Å². The third kappa shape index (κ3) is 4.62. The fourth-order valence-electron chi connectivity index (χ4n) is 9.40. The van der Waals surface area contributed by atoms with E-state index >= 15 is 0 Å². The van der Waals surface area contributed by atoms with Gasteiger partial charge in [0.25, 0.3) is 5.56 Å². The van der Waals surface area contributed by atoms with Crippen molar-refractivity contribution in [2.45, 2.75) is 57.9 Å². The number of pyridine rings is 1. The van der Waals surface area contributed by atoms with Crippen molar-refractivity contribution < 1.29 is 0 Å². The number of piperazine rings is 1. The molecule has 5 aliphatic rings. The molecular formula is C36H41ClN6O. The summed E-state index contributed by atoms with van der Waals surface area (Å²) in [4.78, 5) is 29.6. The minimum Gasteiger partial charge on any atom is -0.369 e. The summed E-state index contributed by atoms with van der Waals surface area (Å²) in [7, 11) is 2.18. The molecule has 1 aliphatic heterocycles. The molecule has 1 N–H and O–H groups in total. The summed E-state index contributed by atoms with van der Waals surface area (Å²) in [5.41, 5.74) is 6.38. The largest absolute Gasteiger partial charge is 0.369 e. The van der Waals surface area contributed by atoms with E-state index in [9.17, 15) is 4.79 Å². The van der Waals surface area contributed by atoms with Gasteiger partial charge in [-0.05, 0) is 113 Å². The smallest absolute Gasteiger partial charge is 0.260 e. The molecule has 4 aliphatic carbocycles. The number of rotatable bonds is 5. The number of anilines is 3. The van der Waals surface area contributed by atoms with Gasteiger partial charge in [-0.15, -0.1) is 0 Å². The second kappa shape index (κ2) is 10.6. The fraction of sp³-hybridized carbons (Fsp3) is 0.472. The lowest BCUT2D eigenvalue weighted by Gasteiger charge is -2.57. The zero-order valence-electron chi connectivity index (χ0n) is 25.9. The van der Waals surface area contributed by atoms with Gasteiger partial charge in [0.05, 0.1) is 11.1 Å². The van der Waals surface area contributed by atoms with Crippen molar-refractivity contribution in [3.05, 3.63) is 75.2 Å². The number of fused-ring (bicyclic) bond motifs is 1. The van der Waals surface area contributed by atoms with Crippen LogP contribution in [0.3, 0.4) is 0 Å². The van der Waals surface area contributed by atoms with Crippen LogP contribution < -0.4 is 15.8 Å². The predicted molar refractivity (Wildman–Crippen MR) is 179 cm³/mol. The Labute approximate surface area is 264 Å². The minimum atomic E-state index is -0.208. The van der Waals surface area contributed by atoms with Gasteiger partial charge >= 0.3 is 0 Å². The first-order chi connectivity index (χ1) is 21.3. The van der Waals surface area contributed by atoms with E-state index in [2.05, 4.69) is 51.9 Å². The fourth-order valence-corrected chi connectivity index (χ4v) is 9.63. The van der Waals surface area contributed by atoms with E-state index in [1.807, 2.05) is 37.4 Å². The number of likely N-dealkylation sites (N-methyl/N-ethyl adjacent to an activating group) is 1. The van der Waals surface area contributed by atoms with Gasteiger partial charge in [0.2, 0.25) is 5.95 Å². The molecule has 7 nitrogen and oxygen atoms in total. The summed E-state index contributed by atoms with van der Waals surface area (Å²) in [6.07, 6.45) is 8.99. The van der Waals surface area contributed by atoms with Gasteiger partial charge < -0.3 is 15.1 Å². The molecule has 0 spiro atoms. The molecule has 0 amide bonds. The molecule has 0 radical (unpaired) electrons. The van der Waals surface area contributed by atoms with Gasteiger partial charge in [-0.2, -0.15) is 4.98 Å². The van der Waals surface area contributed by atoms with Crippen molar-refractivity contribution in [2.75, 3.05) is 43.4 Å². The lowest BCUT2D eigenvalue weighted by atomic mass is 9.53. The van der Waals surface area contributed by atoms with Crippen LogP contribution in [0.2, 0.25) is 5.02 Å². The van der Waals surface area contributed by atoms with Crippen molar-refractivity contribution >= 4 is 40.0 Å². The van der Waals surface area contributed by atoms with Crippen molar-refractivity contribution in [2.24, 2.45) is 17.8 Å². The predicted octanol–water partition coefficient (Wildman–Crippen LogP) is 7.15. The van der Waals surface area contributed by atoms with E-state index in [4.69, 9.17) is 21.6 Å². The first kappa shape index (κ1) is 28.1. The number of nitrogens with one attached hydrogen (secondary N) is 1. The molecule has 228 valence electrons. The number of hydrogen-bond donors (Lipinski definition) is 1. The van der Waals surface area contributed by atoms with E-state index in [0.717, 1.165) is 73.3 Å². The van der Waals surface area contributed by atoms with Gasteiger partial charge in [0, 0.05) is 59.7 Å². The molecule has 3 heterocycles. The Morgan fingerprint density at radius 2 is 1.61 bits per heavy atom. The highest BCUT2D eigenvalue weighted by Gasteiger charge is 2.53. The van der Waals surface area contributed by atoms with Crippen molar-refractivity contribution in [1.29, 1.82) is 0 Å². The number of aryl methyl sites for hydroxylation is 2. The first-order valence-electron chi connectivity index (χ1n) is 16.3. The maximum Gasteiger partial charge on any atom is 0.260 e. The van der Waals surface area contributed by atoms with Crippen LogP contribution in [0.5, 0.6) is 0 Å². The number of hydrogen-bond acceptors (Lipinski definition) is 6. The third-order valence-electron chi connectivity index (χ3n) is 11.1. The monoisotopic (exact) mass is 608 g/mol. The Morgan fingerprint density at radius 1 is 0.932 bits per heavy atom. The zero-order valence-corrected chi connectivity index (χ0v) is 26.7. The first-order valence-corrected chi connectivity index (χ1v) is 16.6. The Morgan fingerprint density at radius 3 is 2.27 bits per heavy atom. The third-order valence-corrected chi connectivity index (χ3v) is 11.4. The molecule has 44 heavy (non-hydrogen) atoms. The molecular weight excluding hydrogens is 568 g/mol. The Bertz CT molecular complexity index is 1790. The normalized spacial score (nSPS) is 26.5. The average molecular weight is 609 g/mol. The van der Waals surface area contributed by atoms with Crippen LogP contribution in [-0.4, -0.2) is 52.7 Å². The van der Waals surface area contributed by atoms with Gasteiger partial charge in [-0.3, -0.25) is 9.36 Å². The second-order valence-electron chi connectivity index (χ2n) is 14.1. The van der Waals surface area contributed by atoms with Gasteiger partial charge in [0.1, 0.15) is 5.65 Å². The van der Waals surface area contributed by atoms with E-state index in [-0.39, 0.29) is 11.1 Å². The Kier molecular flexibility index (Phi) is 6.76. The maximum absolute atomic E-state index is 14.8. The molecule has 0 atom stereocenters. The molecule has 4 aromatic rings. The average Bonchev–Trinajstić information content (AvgIpc) is 2.98. The summed E-state index contributed by atoms with van der Waals surface area (Å²) < 4.78 is 2.10. The lowest BCUT2D eigenvalue weighted by molar-refractivity contribution is -0.0426. The number of halogens is 1. The number of nitrogens with zero attached hydrogens (tertiary/aromatic N) is 5. The molecule has 9 rings (SSSR count). The van der Waals surface area contributed by atoms with Crippen LogP contribution in [0, 0.1) is 31.6 Å². The van der Waals surface area contributed by atoms with Crippen molar-refractivity contribution in [3.63, 3.8) is 0 Å². The number of aromatic nitrogens is 3. The maximum atomic E-state index is 14.8. The van der Waals surface area contributed by atoms with Gasteiger partial charge in [-0.25, -0.2) is 4.98 Å². The van der Waals surface area contributed by atoms with Crippen LogP contribution in [0.15, 0.2) is 53.5 Å². The summed E-state index contributed by atoms with van der Waals surface area (Å²) in [5.74, 6) is 2.59. The van der Waals surface area contributed by atoms with Gasteiger partial charge in [-0.1, -0.05) is 29.8 Å². The van der Waals surface area contributed by atoms with Crippen LogP contribution in [0.1, 0.15) is 49.7 Å². The SMILES string of the molecule is Cc1cc(Nc2ncc3c(C)c(-c4ccccc4Cl)c(=O)n(C45CC6CC(CC(C6)C4)C5)c3n2)ccc1N1CCN(C)CC1. The van der Waals surface area contributed by atoms with Crippen molar-refractivity contribution in [1.82, 2.24) is 19.4 Å². The quantitative estimate of drug-likeness (QED) is 0.260. The molecule has 4 bridgehead atoms. The molecule has 0 unspecified atom stereocenters. The molecule has 5 fully saturated rings.